The van der Waals surface area contributed by atoms with Gasteiger partial charge in [-0.3, -0.25) is 4.79 Å². The maximum Gasteiger partial charge on any atom is 0.177 e. The Bertz CT molecular complexity index is 368. The van der Waals surface area contributed by atoms with Crippen LogP contribution in [0.25, 0.3) is 0 Å². The quantitative estimate of drug-likeness (QED) is 0.463. The molecule has 0 saturated heterocycles. The van der Waals surface area contributed by atoms with Crippen LogP contribution >= 0.6 is 38.5 Å². The molecular weight excluding hydrogens is 366 g/mol. The summed E-state index contributed by atoms with van der Waals surface area (Å²) in [6.07, 6.45) is 0. The Balaban J connectivity index is 3.32. The molecule has 0 atom stereocenters. The first kappa shape index (κ1) is 11.9. The van der Waals surface area contributed by atoms with E-state index in [-0.39, 0.29) is 16.7 Å². The third-order valence-electron chi connectivity index (χ3n) is 1.63. The van der Waals surface area contributed by atoms with E-state index in [2.05, 4.69) is 15.9 Å². The van der Waals surface area contributed by atoms with E-state index in [1.807, 2.05) is 22.6 Å². The van der Waals surface area contributed by atoms with Gasteiger partial charge in [-0.1, -0.05) is 15.9 Å². The fourth-order valence-corrected chi connectivity index (χ4v) is 2.16. The Labute approximate surface area is 103 Å². The second-order valence-electron chi connectivity index (χ2n) is 2.53. The number of carbonyl (C=O) groups is 1. The number of rotatable bonds is 3. The van der Waals surface area contributed by atoms with Crippen LogP contribution in [0.1, 0.15) is 10.4 Å². The van der Waals surface area contributed by atoms with E-state index in [4.69, 9.17) is 4.74 Å². The number of benzene rings is 1. The summed E-state index contributed by atoms with van der Waals surface area (Å²) in [6.45, 7) is 0. The highest BCUT2D eigenvalue weighted by Gasteiger charge is 2.15. The van der Waals surface area contributed by atoms with Gasteiger partial charge in [0.05, 0.1) is 21.6 Å². The van der Waals surface area contributed by atoms with Crippen LogP contribution in [0, 0.1) is 9.39 Å². The summed E-state index contributed by atoms with van der Waals surface area (Å²) in [6, 6.07) is 2.51. The number of Topliss-reactive ketones (excluding diaryl/α,β-unsaturated/α-hetero) is 1. The minimum atomic E-state index is -0.431. The number of methoxy groups -OCH3 is 1. The molecule has 0 bridgehead atoms. The Morgan fingerprint density at radius 3 is 2.79 bits per heavy atom. The van der Waals surface area contributed by atoms with Crippen LogP contribution in [0.2, 0.25) is 0 Å². The third-order valence-corrected chi connectivity index (χ3v) is 2.94. The lowest BCUT2D eigenvalue weighted by molar-refractivity contribution is 0.102. The fourth-order valence-electron chi connectivity index (χ4n) is 1.05. The van der Waals surface area contributed by atoms with Gasteiger partial charge in [0.25, 0.3) is 0 Å². The first-order chi connectivity index (χ1) is 6.60. The zero-order valence-corrected chi connectivity index (χ0v) is 11.1. The lowest BCUT2D eigenvalue weighted by Gasteiger charge is -2.08. The van der Waals surface area contributed by atoms with Crippen molar-refractivity contribution in [2.75, 3.05) is 12.4 Å². The van der Waals surface area contributed by atoms with Crippen LogP contribution in [0.3, 0.4) is 0 Å². The van der Waals surface area contributed by atoms with Gasteiger partial charge in [-0.05, 0) is 34.7 Å². The molecule has 0 saturated carbocycles. The highest BCUT2D eigenvalue weighted by molar-refractivity contribution is 14.1. The maximum atomic E-state index is 13.0. The molecule has 0 N–H and O–H groups in total. The summed E-state index contributed by atoms with van der Waals surface area (Å²) in [7, 11) is 1.46. The molecule has 0 amide bonds. The molecule has 5 heteroatoms. The van der Waals surface area contributed by atoms with Gasteiger partial charge in [0.2, 0.25) is 0 Å². The van der Waals surface area contributed by atoms with Crippen molar-refractivity contribution in [3.63, 3.8) is 0 Å². The first-order valence-electron chi connectivity index (χ1n) is 3.72. The molecule has 1 aromatic carbocycles. The molecule has 1 rings (SSSR count). The smallest absolute Gasteiger partial charge is 0.177 e. The van der Waals surface area contributed by atoms with Crippen LogP contribution in [0.15, 0.2) is 12.1 Å². The van der Waals surface area contributed by atoms with Crippen molar-refractivity contribution in [3.8, 4) is 5.75 Å². The van der Waals surface area contributed by atoms with E-state index in [0.29, 0.717) is 9.32 Å². The van der Waals surface area contributed by atoms with E-state index >= 15 is 0 Å². The summed E-state index contributed by atoms with van der Waals surface area (Å²) < 4.78 is 18.6. The first-order valence-corrected chi connectivity index (χ1v) is 5.92. The van der Waals surface area contributed by atoms with Crippen molar-refractivity contribution in [3.05, 3.63) is 27.1 Å². The minimum Gasteiger partial charge on any atom is -0.495 e. The largest absolute Gasteiger partial charge is 0.495 e. The highest BCUT2D eigenvalue weighted by Crippen LogP contribution is 2.27. The van der Waals surface area contributed by atoms with Gasteiger partial charge in [-0.15, -0.1) is 0 Å². The number of hydrogen-bond donors (Lipinski definition) is 0. The molecule has 0 aromatic heterocycles. The van der Waals surface area contributed by atoms with Crippen molar-refractivity contribution in [2.45, 2.75) is 0 Å². The zero-order chi connectivity index (χ0) is 10.7. The van der Waals surface area contributed by atoms with Gasteiger partial charge in [0.15, 0.2) is 5.78 Å². The van der Waals surface area contributed by atoms with Gasteiger partial charge in [0, 0.05) is 0 Å². The Kier molecular flexibility index (Phi) is 4.31. The van der Waals surface area contributed by atoms with Crippen LogP contribution in [0.5, 0.6) is 5.75 Å². The lowest BCUT2D eigenvalue weighted by Crippen LogP contribution is -2.05. The average molecular weight is 373 g/mol. The van der Waals surface area contributed by atoms with Crippen LogP contribution in [-0.4, -0.2) is 18.2 Å². The summed E-state index contributed by atoms with van der Waals surface area (Å²) in [4.78, 5) is 11.4. The Hall–Kier alpha value is -0.170. The molecule has 0 fully saturated rings. The molecule has 0 unspecified atom stereocenters. The Morgan fingerprint density at radius 1 is 1.64 bits per heavy atom. The number of hydrogen-bond acceptors (Lipinski definition) is 2. The average Bonchev–Trinajstić information content (AvgIpc) is 2.15. The molecule has 2 nitrogen and oxygen atoms in total. The molecule has 1 aromatic rings. The summed E-state index contributed by atoms with van der Waals surface area (Å²) in [5.41, 5.74) is 0.272. The lowest BCUT2D eigenvalue weighted by atomic mass is 10.1. The third kappa shape index (κ3) is 2.44. The molecule has 76 valence electrons. The van der Waals surface area contributed by atoms with Crippen molar-refractivity contribution in [1.82, 2.24) is 0 Å². The van der Waals surface area contributed by atoms with Gasteiger partial charge >= 0.3 is 0 Å². The SMILES string of the molecule is COc1c(I)cc(F)cc1C(=O)CBr. The predicted molar refractivity (Wildman–Crippen MR) is 63.8 cm³/mol. The molecule has 0 heterocycles. The van der Waals surface area contributed by atoms with E-state index < -0.39 is 5.82 Å². The monoisotopic (exact) mass is 372 g/mol. The van der Waals surface area contributed by atoms with Crippen molar-refractivity contribution < 1.29 is 13.9 Å². The topological polar surface area (TPSA) is 26.3 Å². The number of ketones is 1. The molecule has 0 aliphatic rings. The molecule has 14 heavy (non-hydrogen) atoms. The molecule has 0 aliphatic carbocycles. The fraction of sp³-hybridized carbons (Fsp3) is 0.222. The Morgan fingerprint density at radius 2 is 2.29 bits per heavy atom. The normalized spacial score (nSPS) is 10.0. The van der Waals surface area contributed by atoms with Gasteiger partial charge in [0.1, 0.15) is 11.6 Å². The summed E-state index contributed by atoms with van der Waals surface area (Å²) in [5.74, 6) is -0.199. The van der Waals surface area contributed by atoms with Gasteiger partial charge in [-0.2, -0.15) is 0 Å². The van der Waals surface area contributed by atoms with Crippen LogP contribution < -0.4 is 4.74 Å². The number of carbonyl (C=O) groups excluding carboxylic acids is 1. The second kappa shape index (κ2) is 5.06. The van der Waals surface area contributed by atoms with Crippen molar-refractivity contribution >= 4 is 44.3 Å². The van der Waals surface area contributed by atoms with Crippen molar-refractivity contribution in [2.24, 2.45) is 0 Å². The van der Waals surface area contributed by atoms with E-state index in [1.165, 1.54) is 19.2 Å². The predicted octanol–water partition coefficient (Wildman–Crippen LogP) is 3.02. The van der Waals surface area contributed by atoms with Crippen LogP contribution in [-0.2, 0) is 0 Å². The molecule has 0 spiro atoms. The molecule has 0 radical (unpaired) electrons. The maximum absolute atomic E-state index is 13.0. The number of ether oxygens (including phenoxy) is 1. The van der Waals surface area contributed by atoms with E-state index in [0.717, 1.165) is 0 Å². The molecular formula is C9H7BrFIO2. The standard InChI is InChI=1S/C9H7BrFIO2/c1-14-9-6(8(13)4-10)2-5(11)3-7(9)12/h2-3H,4H2,1H3. The van der Waals surface area contributed by atoms with Crippen molar-refractivity contribution in [1.29, 1.82) is 0 Å². The summed E-state index contributed by atoms with van der Waals surface area (Å²) in [5, 5.41) is 0.156. The van der Waals surface area contributed by atoms with Gasteiger partial charge < -0.3 is 4.74 Å². The highest BCUT2D eigenvalue weighted by atomic mass is 127. The number of alkyl halides is 1. The van der Waals surface area contributed by atoms with Gasteiger partial charge in [-0.25, -0.2) is 4.39 Å². The minimum absolute atomic E-state index is 0.156. The zero-order valence-electron chi connectivity index (χ0n) is 7.31. The second-order valence-corrected chi connectivity index (χ2v) is 4.25. The summed E-state index contributed by atoms with van der Waals surface area (Å²) >= 11 is 4.96. The van der Waals surface area contributed by atoms with Crippen LogP contribution in [0.4, 0.5) is 4.39 Å². The number of halogens is 3. The van der Waals surface area contributed by atoms with E-state index in [1.54, 1.807) is 0 Å². The van der Waals surface area contributed by atoms with E-state index in [9.17, 15) is 9.18 Å². The molecule has 0 aliphatic heterocycles.